The standard InChI is InChI=1S/C15H26N2O2/c1-14(2,3)19-13(18)16-8-5-12(9-16)17-10-15(11-17)6-4-7-15/h12H,4-11H2,1-3H3. The van der Waals surface area contributed by atoms with E-state index in [9.17, 15) is 4.79 Å². The lowest BCUT2D eigenvalue weighted by atomic mass is 9.63. The third-order valence-corrected chi connectivity index (χ3v) is 4.82. The Bertz CT molecular complexity index is 363. The highest BCUT2D eigenvalue weighted by molar-refractivity contribution is 5.68. The van der Waals surface area contributed by atoms with Crippen LogP contribution < -0.4 is 0 Å². The molecule has 1 saturated carbocycles. The van der Waals surface area contributed by atoms with Gasteiger partial charge in [-0.15, -0.1) is 0 Å². The molecule has 2 saturated heterocycles. The van der Waals surface area contributed by atoms with Crippen molar-refractivity contribution in [1.29, 1.82) is 0 Å². The monoisotopic (exact) mass is 266 g/mol. The van der Waals surface area contributed by atoms with Crippen molar-refractivity contribution in [2.24, 2.45) is 5.41 Å². The molecule has 2 aliphatic heterocycles. The van der Waals surface area contributed by atoms with Crippen molar-refractivity contribution >= 4 is 6.09 Å². The summed E-state index contributed by atoms with van der Waals surface area (Å²) in [4.78, 5) is 16.5. The maximum Gasteiger partial charge on any atom is 0.410 e. The molecule has 1 aliphatic carbocycles. The number of carbonyl (C=O) groups is 1. The Morgan fingerprint density at radius 2 is 1.95 bits per heavy atom. The molecule has 4 heteroatoms. The molecule has 19 heavy (non-hydrogen) atoms. The van der Waals surface area contributed by atoms with Crippen molar-refractivity contribution in [2.45, 2.75) is 58.1 Å². The second-order valence-electron chi connectivity index (χ2n) is 7.63. The summed E-state index contributed by atoms with van der Waals surface area (Å²) in [7, 11) is 0. The molecule has 3 aliphatic rings. The minimum Gasteiger partial charge on any atom is -0.444 e. The minimum absolute atomic E-state index is 0.145. The van der Waals surface area contributed by atoms with Gasteiger partial charge in [-0.2, -0.15) is 0 Å². The lowest BCUT2D eigenvalue weighted by molar-refractivity contribution is -0.0806. The summed E-state index contributed by atoms with van der Waals surface area (Å²) in [5, 5.41) is 0. The first-order valence-electron chi connectivity index (χ1n) is 7.59. The Hall–Kier alpha value is -0.770. The predicted molar refractivity (Wildman–Crippen MR) is 74.1 cm³/mol. The first-order chi connectivity index (χ1) is 8.87. The number of carbonyl (C=O) groups excluding carboxylic acids is 1. The molecule has 0 aromatic rings. The zero-order valence-corrected chi connectivity index (χ0v) is 12.4. The van der Waals surface area contributed by atoms with Crippen molar-refractivity contribution in [2.75, 3.05) is 26.2 Å². The number of nitrogens with zero attached hydrogens (tertiary/aromatic N) is 2. The molecule has 3 fully saturated rings. The van der Waals surface area contributed by atoms with E-state index in [4.69, 9.17) is 4.74 Å². The van der Waals surface area contributed by atoms with Crippen molar-refractivity contribution in [3.63, 3.8) is 0 Å². The zero-order valence-electron chi connectivity index (χ0n) is 12.4. The van der Waals surface area contributed by atoms with Gasteiger partial charge in [0.25, 0.3) is 0 Å². The van der Waals surface area contributed by atoms with Gasteiger partial charge >= 0.3 is 6.09 Å². The third-order valence-electron chi connectivity index (χ3n) is 4.82. The molecule has 0 N–H and O–H groups in total. The van der Waals surface area contributed by atoms with Gasteiger partial charge in [0.15, 0.2) is 0 Å². The number of hydrogen-bond acceptors (Lipinski definition) is 3. The molecule has 1 spiro atoms. The van der Waals surface area contributed by atoms with E-state index in [2.05, 4.69) is 4.90 Å². The van der Waals surface area contributed by atoms with Gasteiger partial charge in [-0.25, -0.2) is 4.79 Å². The van der Waals surface area contributed by atoms with E-state index in [1.54, 1.807) is 0 Å². The van der Waals surface area contributed by atoms with Crippen molar-refractivity contribution < 1.29 is 9.53 Å². The van der Waals surface area contributed by atoms with E-state index in [-0.39, 0.29) is 11.7 Å². The van der Waals surface area contributed by atoms with Crippen LogP contribution in [0.2, 0.25) is 0 Å². The van der Waals surface area contributed by atoms with Crippen LogP contribution >= 0.6 is 0 Å². The molecular weight excluding hydrogens is 240 g/mol. The maximum atomic E-state index is 12.0. The average Bonchev–Trinajstić information content (AvgIpc) is 2.59. The molecule has 1 atom stereocenters. The van der Waals surface area contributed by atoms with Crippen molar-refractivity contribution in [1.82, 2.24) is 9.80 Å². The van der Waals surface area contributed by atoms with Crippen LogP contribution in [-0.2, 0) is 4.74 Å². The molecule has 4 nitrogen and oxygen atoms in total. The van der Waals surface area contributed by atoms with Crippen LogP contribution in [0.5, 0.6) is 0 Å². The number of ether oxygens (including phenoxy) is 1. The molecule has 0 radical (unpaired) electrons. The van der Waals surface area contributed by atoms with Gasteiger partial charge in [0.1, 0.15) is 5.60 Å². The van der Waals surface area contributed by atoms with Gasteiger partial charge in [0, 0.05) is 32.2 Å². The highest BCUT2D eigenvalue weighted by Crippen LogP contribution is 2.49. The maximum absolute atomic E-state index is 12.0. The topological polar surface area (TPSA) is 32.8 Å². The number of hydrogen-bond donors (Lipinski definition) is 0. The van der Waals surface area contributed by atoms with Gasteiger partial charge in [0.05, 0.1) is 0 Å². The molecule has 0 aromatic heterocycles. The number of amides is 1. The SMILES string of the molecule is CC(C)(C)OC(=O)N1CCC(N2CC3(CCC3)C2)C1. The summed E-state index contributed by atoms with van der Waals surface area (Å²) in [6.07, 6.45) is 5.23. The van der Waals surface area contributed by atoms with E-state index in [1.807, 2.05) is 25.7 Å². The van der Waals surface area contributed by atoms with Gasteiger partial charge in [-0.3, -0.25) is 4.90 Å². The van der Waals surface area contributed by atoms with Gasteiger partial charge in [-0.1, -0.05) is 6.42 Å². The third kappa shape index (κ3) is 2.60. The summed E-state index contributed by atoms with van der Waals surface area (Å²) in [5.41, 5.74) is 0.293. The summed E-state index contributed by atoms with van der Waals surface area (Å²) in [5.74, 6) is 0. The van der Waals surface area contributed by atoms with Gasteiger partial charge in [-0.05, 0) is 45.4 Å². The van der Waals surface area contributed by atoms with Crippen LogP contribution in [0, 0.1) is 5.41 Å². The van der Waals surface area contributed by atoms with Crippen LogP contribution in [-0.4, -0.2) is 53.7 Å². The minimum atomic E-state index is -0.387. The summed E-state index contributed by atoms with van der Waals surface area (Å²) < 4.78 is 5.44. The Labute approximate surface area is 116 Å². The Kier molecular flexibility index (Phi) is 3.04. The molecular formula is C15H26N2O2. The fourth-order valence-electron chi connectivity index (χ4n) is 3.60. The largest absolute Gasteiger partial charge is 0.444 e. The van der Waals surface area contributed by atoms with E-state index < -0.39 is 0 Å². The van der Waals surface area contributed by atoms with Crippen molar-refractivity contribution in [3.05, 3.63) is 0 Å². The molecule has 1 unspecified atom stereocenters. The molecule has 3 rings (SSSR count). The highest BCUT2D eigenvalue weighted by Gasteiger charge is 2.50. The Balaban J connectivity index is 1.47. The van der Waals surface area contributed by atoms with E-state index in [0.717, 1.165) is 19.5 Å². The van der Waals surface area contributed by atoms with E-state index in [1.165, 1.54) is 32.4 Å². The quantitative estimate of drug-likeness (QED) is 0.731. The van der Waals surface area contributed by atoms with Crippen LogP contribution in [0.25, 0.3) is 0 Å². The normalized spacial score (nSPS) is 30.1. The van der Waals surface area contributed by atoms with Gasteiger partial charge < -0.3 is 9.64 Å². The second-order valence-corrected chi connectivity index (χ2v) is 7.63. The first-order valence-corrected chi connectivity index (χ1v) is 7.59. The van der Waals surface area contributed by atoms with Crippen LogP contribution in [0.15, 0.2) is 0 Å². The first kappa shape index (κ1) is 13.2. The molecule has 1 amide bonds. The second kappa shape index (κ2) is 4.37. The van der Waals surface area contributed by atoms with E-state index >= 15 is 0 Å². The summed E-state index contributed by atoms with van der Waals surface area (Å²) >= 11 is 0. The lowest BCUT2D eigenvalue weighted by Gasteiger charge is -2.58. The lowest BCUT2D eigenvalue weighted by Crippen LogP contribution is -2.63. The number of likely N-dealkylation sites (tertiary alicyclic amines) is 2. The Morgan fingerprint density at radius 3 is 2.47 bits per heavy atom. The summed E-state index contributed by atoms with van der Waals surface area (Å²) in [6, 6.07) is 0.568. The molecule has 2 heterocycles. The Morgan fingerprint density at radius 1 is 1.26 bits per heavy atom. The molecule has 0 bridgehead atoms. The van der Waals surface area contributed by atoms with Crippen molar-refractivity contribution in [3.8, 4) is 0 Å². The zero-order chi connectivity index (χ0) is 13.7. The van der Waals surface area contributed by atoms with Crippen LogP contribution in [0.1, 0.15) is 46.5 Å². The van der Waals surface area contributed by atoms with Crippen LogP contribution in [0.4, 0.5) is 4.79 Å². The summed E-state index contributed by atoms with van der Waals surface area (Å²) in [6.45, 7) is 10.0. The van der Waals surface area contributed by atoms with Crippen LogP contribution in [0.3, 0.4) is 0 Å². The average molecular weight is 266 g/mol. The fraction of sp³-hybridized carbons (Fsp3) is 0.933. The molecule has 0 aromatic carbocycles. The predicted octanol–water partition coefficient (Wildman–Crippen LogP) is 2.48. The highest BCUT2D eigenvalue weighted by atomic mass is 16.6. The van der Waals surface area contributed by atoms with E-state index in [0.29, 0.717) is 11.5 Å². The molecule has 108 valence electrons. The van der Waals surface area contributed by atoms with Gasteiger partial charge in [0.2, 0.25) is 0 Å². The number of rotatable bonds is 1. The smallest absolute Gasteiger partial charge is 0.410 e. The fourth-order valence-corrected chi connectivity index (χ4v) is 3.60.